The van der Waals surface area contributed by atoms with Gasteiger partial charge in [-0.15, -0.1) is 11.3 Å². The minimum atomic E-state index is -3.38. The second kappa shape index (κ2) is 9.49. The monoisotopic (exact) mass is 425 g/mol. The Hall–Kier alpha value is -1.97. The minimum Gasteiger partial charge on any atom is -0.367 e. The third-order valence-corrected chi connectivity index (χ3v) is 7.47. The summed E-state index contributed by atoms with van der Waals surface area (Å²) in [6.45, 7) is 1.91. The van der Waals surface area contributed by atoms with Crippen LogP contribution in [-0.2, 0) is 21.2 Å². The van der Waals surface area contributed by atoms with Gasteiger partial charge in [0.2, 0.25) is 15.9 Å². The number of nitrogens with zero attached hydrogens (tertiary/aromatic N) is 2. The molecule has 0 unspecified atom stereocenters. The van der Waals surface area contributed by atoms with Gasteiger partial charge < -0.3 is 10.2 Å². The SMILES string of the molecule is O=C(Cc1cccs1)NCCCS(=O)(=O)N1CCN(c2ccccc2F)CC1. The topological polar surface area (TPSA) is 69.7 Å². The van der Waals surface area contributed by atoms with Crippen LogP contribution in [0.1, 0.15) is 11.3 Å². The van der Waals surface area contributed by atoms with Gasteiger partial charge in [0.1, 0.15) is 5.82 Å². The molecule has 0 aliphatic carbocycles. The van der Waals surface area contributed by atoms with Gasteiger partial charge in [-0.3, -0.25) is 4.79 Å². The molecule has 2 heterocycles. The first-order valence-electron chi connectivity index (χ1n) is 9.22. The quantitative estimate of drug-likeness (QED) is 0.658. The number of sulfonamides is 1. The third-order valence-electron chi connectivity index (χ3n) is 4.64. The Balaban J connectivity index is 1.40. The van der Waals surface area contributed by atoms with Crippen molar-refractivity contribution in [3.8, 4) is 0 Å². The summed E-state index contributed by atoms with van der Waals surface area (Å²) in [5.41, 5.74) is 0.507. The molecular weight excluding hydrogens is 401 g/mol. The standard InChI is InChI=1S/C19H24FN3O3S2/c20-17-6-1-2-7-18(17)22-9-11-23(12-10-22)28(25,26)14-4-8-21-19(24)15-16-5-3-13-27-16/h1-3,5-7,13H,4,8-12,14-15H2,(H,21,24). The molecule has 1 fully saturated rings. The van der Waals surface area contributed by atoms with Crippen molar-refractivity contribution in [3.05, 3.63) is 52.5 Å². The molecule has 1 amide bonds. The molecule has 0 radical (unpaired) electrons. The van der Waals surface area contributed by atoms with Crippen LogP contribution in [0.25, 0.3) is 0 Å². The second-order valence-electron chi connectivity index (χ2n) is 6.61. The molecule has 6 nitrogen and oxygen atoms in total. The fraction of sp³-hybridized carbons (Fsp3) is 0.421. The zero-order valence-electron chi connectivity index (χ0n) is 15.5. The Morgan fingerprint density at radius 3 is 2.54 bits per heavy atom. The number of carbonyl (C=O) groups is 1. The summed E-state index contributed by atoms with van der Waals surface area (Å²) in [7, 11) is -3.38. The molecule has 9 heteroatoms. The van der Waals surface area contributed by atoms with Gasteiger partial charge in [0, 0.05) is 37.6 Å². The summed E-state index contributed by atoms with van der Waals surface area (Å²) < 4.78 is 40.4. The summed E-state index contributed by atoms with van der Waals surface area (Å²) in [5, 5.41) is 4.68. The average molecular weight is 426 g/mol. The number of thiophene rings is 1. The Kier molecular flexibility index (Phi) is 7.03. The first-order chi connectivity index (χ1) is 13.5. The number of rotatable bonds is 8. The molecule has 0 atom stereocenters. The lowest BCUT2D eigenvalue weighted by molar-refractivity contribution is -0.120. The number of hydrogen-bond acceptors (Lipinski definition) is 5. The lowest BCUT2D eigenvalue weighted by Gasteiger charge is -2.35. The van der Waals surface area contributed by atoms with Crippen molar-refractivity contribution < 1.29 is 17.6 Å². The highest BCUT2D eigenvalue weighted by atomic mass is 32.2. The number of para-hydroxylation sites is 1. The maximum absolute atomic E-state index is 13.9. The summed E-state index contributed by atoms with van der Waals surface area (Å²) in [6.07, 6.45) is 0.689. The summed E-state index contributed by atoms with van der Waals surface area (Å²) in [4.78, 5) is 14.7. The van der Waals surface area contributed by atoms with Gasteiger partial charge >= 0.3 is 0 Å². The number of halogens is 1. The molecule has 0 spiro atoms. The fourth-order valence-electron chi connectivity index (χ4n) is 3.16. The molecule has 28 heavy (non-hydrogen) atoms. The van der Waals surface area contributed by atoms with Crippen LogP contribution >= 0.6 is 11.3 Å². The summed E-state index contributed by atoms with van der Waals surface area (Å²) in [6, 6.07) is 10.3. The van der Waals surface area contributed by atoms with Crippen molar-refractivity contribution in [2.45, 2.75) is 12.8 Å². The van der Waals surface area contributed by atoms with Crippen molar-refractivity contribution in [2.24, 2.45) is 0 Å². The predicted octanol–water partition coefficient (Wildman–Crippen LogP) is 2.09. The van der Waals surface area contributed by atoms with Gasteiger partial charge in [0.15, 0.2) is 0 Å². The number of piperazine rings is 1. The molecule has 2 aromatic rings. The average Bonchev–Trinajstić information content (AvgIpc) is 3.19. The van der Waals surface area contributed by atoms with Crippen LogP contribution < -0.4 is 10.2 Å². The van der Waals surface area contributed by atoms with E-state index >= 15 is 0 Å². The second-order valence-corrected chi connectivity index (χ2v) is 9.73. The van der Waals surface area contributed by atoms with Crippen LogP contribution in [-0.4, -0.2) is 57.1 Å². The zero-order chi connectivity index (χ0) is 20.0. The van der Waals surface area contributed by atoms with E-state index in [9.17, 15) is 17.6 Å². The van der Waals surface area contributed by atoms with Gasteiger partial charge in [-0.05, 0) is 30.0 Å². The predicted molar refractivity (Wildman–Crippen MR) is 110 cm³/mol. The Morgan fingerprint density at radius 2 is 1.86 bits per heavy atom. The van der Waals surface area contributed by atoms with Gasteiger partial charge in [-0.2, -0.15) is 4.31 Å². The maximum atomic E-state index is 13.9. The first kappa shape index (κ1) is 20.8. The van der Waals surface area contributed by atoms with E-state index in [2.05, 4.69) is 5.32 Å². The largest absolute Gasteiger partial charge is 0.367 e. The Bertz CT molecular complexity index is 880. The number of hydrogen-bond donors (Lipinski definition) is 1. The van der Waals surface area contributed by atoms with Crippen molar-refractivity contribution in [1.82, 2.24) is 9.62 Å². The van der Waals surface area contributed by atoms with Crippen molar-refractivity contribution >= 4 is 33.0 Å². The molecule has 152 valence electrons. The number of anilines is 1. The molecule has 3 rings (SSSR count). The number of amides is 1. The van der Waals surface area contributed by atoms with Gasteiger partial charge in [0.25, 0.3) is 0 Å². The minimum absolute atomic E-state index is 0.00796. The highest BCUT2D eigenvalue weighted by Crippen LogP contribution is 2.21. The normalized spacial score (nSPS) is 15.5. The van der Waals surface area contributed by atoms with Crippen LogP contribution in [0.5, 0.6) is 0 Å². The van der Waals surface area contributed by atoms with Crippen LogP contribution in [0, 0.1) is 5.82 Å². The Labute approximate surface area is 169 Å². The highest BCUT2D eigenvalue weighted by Gasteiger charge is 2.27. The number of benzene rings is 1. The summed E-state index contributed by atoms with van der Waals surface area (Å²) >= 11 is 1.52. The van der Waals surface area contributed by atoms with Crippen molar-refractivity contribution in [2.75, 3.05) is 43.4 Å². The van der Waals surface area contributed by atoms with E-state index in [-0.39, 0.29) is 17.5 Å². The van der Waals surface area contributed by atoms with Gasteiger partial charge in [0.05, 0.1) is 17.9 Å². The maximum Gasteiger partial charge on any atom is 0.225 e. The molecule has 0 saturated carbocycles. The van der Waals surface area contributed by atoms with E-state index in [1.807, 2.05) is 22.4 Å². The zero-order valence-corrected chi connectivity index (χ0v) is 17.1. The molecule has 1 saturated heterocycles. The lowest BCUT2D eigenvalue weighted by Crippen LogP contribution is -2.49. The number of carbonyl (C=O) groups excluding carboxylic acids is 1. The molecule has 1 aliphatic heterocycles. The van der Waals surface area contributed by atoms with E-state index in [4.69, 9.17) is 0 Å². The van der Waals surface area contributed by atoms with Crippen LogP contribution in [0.3, 0.4) is 0 Å². The highest BCUT2D eigenvalue weighted by molar-refractivity contribution is 7.89. The van der Waals surface area contributed by atoms with Gasteiger partial charge in [-0.1, -0.05) is 18.2 Å². The van der Waals surface area contributed by atoms with Crippen LogP contribution in [0.4, 0.5) is 10.1 Å². The molecule has 1 aromatic heterocycles. The van der Waals surface area contributed by atoms with Crippen LogP contribution in [0.15, 0.2) is 41.8 Å². The smallest absolute Gasteiger partial charge is 0.225 e. The fourth-order valence-corrected chi connectivity index (χ4v) is 5.35. The summed E-state index contributed by atoms with van der Waals surface area (Å²) in [5.74, 6) is -0.401. The first-order valence-corrected chi connectivity index (χ1v) is 11.7. The molecule has 1 N–H and O–H groups in total. The van der Waals surface area contributed by atoms with E-state index in [1.165, 1.54) is 21.7 Å². The third kappa shape index (κ3) is 5.52. The molecule has 1 aliphatic rings. The van der Waals surface area contributed by atoms with E-state index in [0.29, 0.717) is 51.3 Å². The van der Waals surface area contributed by atoms with E-state index < -0.39 is 10.0 Å². The van der Waals surface area contributed by atoms with Gasteiger partial charge in [-0.25, -0.2) is 12.8 Å². The van der Waals surface area contributed by atoms with E-state index in [1.54, 1.807) is 18.2 Å². The van der Waals surface area contributed by atoms with E-state index in [0.717, 1.165) is 4.88 Å². The Morgan fingerprint density at radius 1 is 1.11 bits per heavy atom. The number of nitrogens with one attached hydrogen (secondary N) is 1. The molecule has 0 bridgehead atoms. The van der Waals surface area contributed by atoms with Crippen LogP contribution in [0.2, 0.25) is 0 Å². The van der Waals surface area contributed by atoms with Crippen molar-refractivity contribution in [3.63, 3.8) is 0 Å². The molecule has 1 aromatic carbocycles. The lowest BCUT2D eigenvalue weighted by atomic mass is 10.2. The molecular formula is C19H24FN3O3S2. The van der Waals surface area contributed by atoms with Crippen molar-refractivity contribution in [1.29, 1.82) is 0 Å².